The van der Waals surface area contributed by atoms with E-state index in [1.165, 1.54) is 24.1 Å². The third-order valence-corrected chi connectivity index (χ3v) is 7.11. The molecule has 0 radical (unpaired) electrons. The number of imide groups is 1. The van der Waals surface area contributed by atoms with Crippen LogP contribution in [0.2, 0.25) is 0 Å². The SMILES string of the molecule is COC(=O)[C@H](CCCN1C(=O)c2ccccc2C1=O)NC(=O)c1ccc(N(C=O)Cc2ccc3nc(N)nc(N)c3n2)cc1. The highest BCUT2D eigenvalue weighted by Gasteiger charge is 2.35. The first-order valence-corrected chi connectivity index (χ1v) is 13.5. The molecule has 14 heteroatoms. The maximum atomic E-state index is 13.0. The van der Waals surface area contributed by atoms with Gasteiger partial charge in [-0.05, 0) is 61.4 Å². The van der Waals surface area contributed by atoms with E-state index in [9.17, 15) is 24.0 Å². The van der Waals surface area contributed by atoms with Gasteiger partial charge in [-0.25, -0.2) is 14.8 Å². The zero-order chi connectivity index (χ0) is 31.4. The van der Waals surface area contributed by atoms with E-state index in [-0.39, 0.29) is 43.3 Å². The Morgan fingerprint density at radius 1 is 0.977 bits per heavy atom. The summed E-state index contributed by atoms with van der Waals surface area (Å²) >= 11 is 0. The molecule has 0 spiro atoms. The molecule has 2 aromatic carbocycles. The summed E-state index contributed by atoms with van der Waals surface area (Å²) in [6.45, 7) is 0.179. The van der Waals surface area contributed by atoms with E-state index < -0.39 is 29.7 Å². The first-order valence-electron chi connectivity index (χ1n) is 13.5. The number of carbonyl (C=O) groups is 5. The molecule has 1 aliphatic rings. The summed E-state index contributed by atoms with van der Waals surface area (Å²) in [6.07, 6.45) is 1.02. The van der Waals surface area contributed by atoms with E-state index in [2.05, 4.69) is 20.3 Å². The number of aromatic nitrogens is 3. The molecule has 1 aliphatic heterocycles. The Bertz CT molecular complexity index is 1740. The van der Waals surface area contributed by atoms with Gasteiger partial charge in [0.1, 0.15) is 11.6 Å². The second-order valence-electron chi connectivity index (χ2n) is 9.92. The minimum Gasteiger partial charge on any atom is -0.467 e. The third-order valence-electron chi connectivity index (χ3n) is 7.11. The molecule has 224 valence electrons. The lowest BCUT2D eigenvalue weighted by Gasteiger charge is -2.20. The summed E-state index contributed by atoms with van der Waals surface area (Å²) in [5, 5.41) is 2.65. The van der Waals surface area contributed by atoms with Crippen molar-refractivity contribution >= 4 is 58.6 Å². The third kappa shape index (κ3) is 5.99. The molecule has 1 atom stereocenters. The summed E-state index contributed by atoms with van der Waals surface area (Å²) in [4.78, 5) is 77.5. The van der Waals surface area contributed by atoms with E-state index in [0.717, 1.165) is 4.90 Å². The van der Waals surface area contributed by atoms with Gasteiger partial charge >= 0.3 is 5.97 Å². The predicted molar refractivity (Wildman–Crippen MR) is 159 cm³/mol. The van der Waals surface area contributed by atoms with E-state index in [1.54, 1.807) is 48.5 Å². The minimum atomic E-state index is -1.01. The molecule has 44 heavy (non-hydrogen) atoms. The van der Waals surface area contributed by atoms with Gasteiger partial charge in [-0.2, -0.15) is 4.98 Å². The minimum absolute atomic E-state index is 0.0301. The van der Waals surface area contributed by atoms with Gasteiger partial charge in [0.15, 0.2) is 5.82 Å². The van der Waals surface area contributed by atoms with Crippen LogP contribution in [0.1, 0.15) is 49.6 Å². The predicted octanol–water partition coefficient (Wildman–Crippen LogP) is 1.70. The van der Waals surface area contributed by atoms with Gasteiger partial charge < -0.3 is 26.4 Å². The number of methoxy groups -OCH3 is 1. The number of esters is 1. The Kier molecular flexibility index (Phi) is 8.42. The van der Waals surface area contributed by atoms with Crippen LogP contribution in [0, 0.1) is 0 Å². The van der Waals surface area contributed by atoms with Crippen LogP contribution in [0.15, 0.2) is 60.7 Å². The Hall–Kier alpha value is -5.92. The molecule has 0 bridgehead atoms. The number of amides is 4. The van der Waals surface area contributed by atoms with Crippen LogP contribution in [-0.4, -0.2) is 69.6 Å². The van der Waals surface area contributed by atoms with Crippen molar-refractivity contribution in [2.75, 3.05) is 30.0 Å². The number of pyridine rings is 1. The highest BCUT2D eigenvalue weighted by atomic mass is 16.5. The van der Waals surface area contributed by atoms with Crippen molar-refractivity contribution in [3.8, 4) is 0 Å². The van der Waals surface area contributed by atoms with Crippen LogP contribution in [0.4, 0.5) is 17.5 Å². The molecule has 5 rings (SSSR count). The average Bonchev–Trinajstić information content (AvgIpc) is 3.27. The number of hydrogen-bond acceptors (Lipinski definition) is 11. The number of nitrogens with two attached hydrogens (primary N) is 2. The topological polar surface area (TPSA) is 204 Å². The van der Waals surface area contributed by atoms with Crippen molar-refractivity contribution in [1.82, 2.24) is 25.2 Å². The van der Waals surface area contributed by atoms with Gasteiger partial charge in [-0.1, -0.05) is 12.1 Å². The fourth-order valence-corrected chi connectivity index (χ4v) is 4.88. The number of carbonyl (C=O) groups excluding carboxylic acids is 5. The van der Waals surface area contributed by atoms with Gasteiger partial charge in [-0.3, -0.25) is 24.1 Å². The quantitative estimate of drug-likeness (QED) is 0.129. The highest BCUT2D eigenvalue weighted by molar-refractivity contribution is 6.21. The second kappa shape index (κ2) is 12.5. The van der Waals surface area contributed by atoms with Crippen molar-refractivity contribution in [2.45, 2.75) is 25.4 Å². The number of fused-ring (bicyclic) bond motifs is 2. The Morgan fingerprint density at radius 2 is 1.66 bits per heavy atom. The van der Waals surface area contributed by atoms with Crippen molar-refractivity contribution in [2.24, 2.45) is 0 Å². The molecule has 14 nitrogen and oxygen atoms in total. The summed E-state index contributed by atoms with van der Waals surface area (Å²) in [7, 11) is 1.20. The summed E-state index contributed by atoms with van der Waals surface area (Å²) < 4.78 is 4.85. The summed E-state index contributed by atoms with van der Waals surface area (Å²) in [6, 6.07) is 15.1. The van der Waals surface area contributed by atoms with Gasteiger partial charge in [0, 0.05) is 17.8 Å². The zero-order valence-corrected chi connectivity index (χ0v) is 23.6. The van der Waals surface area contributed by atoms with Crippen molar-refractivity contribution in [1.29, 1.82) is 0 Å². The van der Waals surface area contributed by atoms with E-state index >= 15 is 0 Å². The van der Waals surface area contributed by atoms with Crippen LogP contribution in [-0.2, 0) is 20.9 Å². The second-order valence-corrected chi connectivity index (χ2v) is 9.92. The average molecular weight is 597 g/mol. The van der Waals surface area contributed by atoms with Crippen LogP contribution >= 0.6 is 0 Å². The molecule has 0 saturated carbocycles. The lowest BCUT2D eigenvalue weighted by molar-refractivity contribution is -0.143. The largest absolute Gasteiger partial charge is 0.467 e. The van der Waals surface area contributed by atoms with Gasteiger partial charge in [0.25, 0.3) is 17.7 Å². The summed E-state index contributed by atoms with van der Waals surface area (Å²) in [5.41, 5.74) is 14.3. The van der Waals surface area contributed by atoms with E-state index in [0.29, 0.717) is 40.0 Å². The summed E-state index contributed by atoms with van der Waals surface area (Å²) in [5.74, 6) is -1.85. The Morgan fingerprint density at radius 3 is 2.30 bits per heavy atom. The highest BCUT2D eigenvalue weighted by Crippen LogP contribution is 2.23. The lowest BCUT2D eigenvalue weighted by Crippen LogP contribution is -2.42. The Balaban J connectivity index is 1.21. The van der Waals surface area contributed by atoms with Crippen molar-refractivity contribution < 1.29 is 28.7 Å². The molecular formula is C30H28N8O6. The molecule has 0 aliphatic carbocycles. The first kappa shape index (κ1) is 29.6. The van der Waals surface area contributed by atoms with Crippen LogP contribution < -0.4 is 21.7 Å². The normalized spacial score (nSPS) is 13.0. The van der Waals surface area contributed by atoms with Crippen LogP contribution in [0.25, 0.3) is 11.0 Å². The standard InChI is InChI=1S/C30H28N8O6/c1-44-29(43)23(7-4-14-38-27(41)20-5-2-3-6-21(20)28(38)42)34-26(40)17-8-11-19(12-9-17)37(16-39)15-18-10-13-22-24(33-18)25(31)36-30(32)35-22/h2-3,5-6,8-13,16,23H,4,7,14-15H2,1H3,(H,34,40)(H4,31,32,35,36)/t23-/m0/s1. The molecule has 0 unspecified atom stereocenters. The fourth-order valence-electron chi connectivity index (χ4n) is 4.88. The molecule has 3 heterocycles. The monoisotopic (exact) mass is 596 g/mol. The van der Waals surface area contributed by atoms with Crippen molar-refractivity contribution in [3.63, 3.8) is 0 Å². The van der Waals surface area contributed by atoms with E-state index in [1.807, 2.05) is 0 Å². The number of anilines is 3. The van der Waals surface area contributed by atoms with Gasteiger partial charge in [0.2, 0.25) is 12.4 Å². The molecule has 0 fully saturated rings. The molecular weight excluding hydrogens is 568 g/mol. The van der Waals surface area contributed by atoms with Gasteiger partial charge in [0.05, 0.1) is 36.0 Å². The number of benzene rings is 2. The van der Waals surface area contributed by atoms with E-state index in [4.69, 9.17) is 16.2 Å². The smallest absolute Gasteiger partial charge is 0.328 e. The molecule has 4 aromatic rings. The number of rotatable bonds is 11. The molecule has 5 N–H and O–H groups in total. The van der Waals surface area contributed by atoms with Crippen LogP contribution in [0.5, 0.6) is 0 Å². The fraction of sp³-hybridized carbons (Fsp3) is 0.200. The molecule has 4 amide bonds. The number of nitrogens with zero attached hydrogens (tertiary/aromatic N) is 5. The zero-order valence-electron chi connectivity index (χ0n) is 23.6. The number of ether oxygens (including phenoxy) is 1. The first-order chi connectivity index (χ1) is 21.2. The number of nitrogen functional groups attached to an aromatic ring is 2. The number of hydrogen-bond donors (Lipinski definition) is 3. The lowest BCUT2D eigenvalue weighted by atomic mass is 10.1. The number of nitrogens with one attached hydrogen (secondary N) is 1. The van der Waals surface area contributed by atoms with Gasteiger partial charge in [-0.15, -0.1) is 0 Å². The molecule has 0 saturated heterocycles. The Labute approximate surface area is 251 Å². The molecule has 2 aromatic heterocycles. The maximum absolute atomic E-state index is 13.0. The maximum Gasteiger partial charge on any atom is 0.328 e. The van der Waals surface area contributed by atoms with Crippen molar-refractivity contribution in [3.05, 3.63) is 83.0 Å². The van der Waals surface area contributed by atoms with Crippen LogP contribution in [0.3, 0.4) is 0 Å².